The van der Waals surface area contributed by atoms with Gasteiger partial charge in [-0.2, -0.15) is 0 Å². The van der Waals surface area contributed by atoms with E-state index in [1.807, 2.05) is 0 Å². The number of methoxy groups -OCH3 is 2. The predicted octanol–water partition coefficient (Wildman–Crippen LogP) is 1.61. The van der Waals surface area contributed by atoms with Gasteiger partial charge < -0.3 is 19.5 Å². The molecule has 2 rings (SSSR count). The first kappa shape index (κ1) is 14.1. The van der Waals surface area contributed by atoms with Crippen molar-refractivity contribution >= 4 is 0 Å². The van der Waals surface area contributed by atoms with Crippen molar-refractivity contribution in [2.24, 2.45) is 5.92 Å². The van der Waals surface area contributed by atoms with Crippen LogP contribution in [0.15, 0.2) is 12.3 Å². The number of hydrogen-bond donors (Lipinski definition) is 1. The maximum absolute atomic E-state index is 5.76. The Hall–Kier alpha value is -1.33. The molecule has 5 nitrogen and oxygen atoms in total. The third-order valence-corrected chi connectivity index (χ3v) is 3.36. The molecule has 1 aliphatic heterocycles. The van der Waals surface area contributed by atoms with E-state index in [0.29, 0.717) is 24.0 Å². The molecule has 1 aromatic rings. The summed E-state index contributed by atoms with van der Waals surface area (Å²) in [6, 6.07) is 1.79. The van der Waals surface area contributed by atoms with E-state index < -0.39 is 0 Å². The molecule has 1 aromatic heterocycles. The maximum Gasteiger partial charge on any atom is 0.184 e. The zero-order chi connectivity index (χ0) is 13.5. The molecule has 1 atom stereocenters. The van der Waals surface area contributed by atoms with E-state index in [9.17, 15) is 0 Å². The summed E-state index contributed by atoms with van der Waals surface area (Å²) in [5.41, 5.74) is 0.783. The first-order valence-corrected chi connectivity index (χ1v) is 6.69. The molecule has 0 amide bonds. The first-order valence-electron chi connectivity index (χ1n) is 6.69. The van der Waals surface area contributed by atoms with E-state index in [1.165, 1.54) is 12.8 Å². The van der Waals surface area contributed by atoms with Gasteiger partial charge >= 0.3 is 0 Å². The standard InChI is InChI=1S/C14H22N2O3/c1-17-13-5-7-16-12(14(13)18-2)10-19-9-11-4-3-6-15-8-11/h5,7,11,15H,3-4,6,8-10H2,1-2H3. The molecule has 0 bridgehead atoms. The molecule has 0 saturated carbocycles. The van der Waals surface area contributed by atoms with Crippen LogP contribution >= 0.6 is 0 Å². The first-order chi connectivity index (χ1) is 9.35. The van der Waals surface area contributed by atoms with Gasteiger partial charge in [0.25, 0.3) is 0 Å². The van der Waals surface area contributed by atoms with Crippen molar-refractivity contribution in [2.45, 2.75) is 19.4 Å². The van der Waals surface area contributed by atoms with Crippen LogP contribution in [0.1, 0.15) is 18.5 Å². The van der Waals surface area contributed by atoms with Crippen LogP contribution < -0.4 is 14.8 Å². The van der Waals surface area contributed by atoms with Gasteiger partial charge in [0.1, 0.15) is 5.69 Å². The number of nitrogens with zero attached hydrogens (tertiary/aromatic N) is 1. The molecular formula is C14H22N2O3. The van der Waals surface area contributed by atoms with Crippen LogP contribution in [0.25, 0.3) is 0 Å². The van der Waals surface area contributed by atoms with Gasteiger partial charge in [-0.05, 0) is 25.3 Å². The molecule has 1 N–H and O–H groups in total. The van der Waals surface area contributed by atoms with Crippen molar-refractivity contribution in [3.05, 3.63) is 18.0 Å². The highest BCUT2D eigenvalue weighted by atomic mass is 16.5. The van der Waals surface area contributed by atoms with Crippen LogP contribution in [0.4, 0.5) is 0 Å². The summed E-state index contributed by atoms with van der Waals surface area (Å²) in [5, 5.41) is 3.38. The molecule has 19 heavy (non-hydrogen) atoms. The molecule has 1 unspecified atom stereocenters. The van der Waals surface area contributed by atoms with E-state index in [2.05, 4.69) is 10.3 Å². The average Bonchev–Trinajstić information content (AvgIpc) is 2.48. The fourth-order valence-electron chi connectivity index (χ4n) is 2.34. The smallest absolute Gasteiger partial charge is 0.184 e. The predicted molar refractivity (Wildman–Crippen MR) is 72.6 cm³/mol. The number of nitrogens with one attached hydrogen (secondary N) is 1. The Kier molecular flexibility index (Phi) is 5.42. The normalized spacial score (nSPS) is 19.2. The molecule has 0 aromatic carbocycles. The second kappa shape index (κ2) is 7.31. The van der Waals surface area contributed by atoms with Crippen LogP contribution in [-0.4, -0.2) is 38.9 Å². The summed E-state index contributed by atoms with van der Waals surface area (Å²) in [4.78, 5) is 4.30. The Morgan fingerprint density at radius 1 is 1.37 bits per heavy atom. The van der Waals surface area contributed by atoms with Crippen LogP contribution in [0, 0.1) is 5.92 Å². The fraction of sp³-hybridized carbons (Fsp3) is 0.643. The molecule has 2 heterocycles. The highest BCUT2D eigenvalue weighted by Crippen LogP contribution is 2.29. The van der Waals surface area contributed by atoms with Gasteiger partial charge in [-0.3, -0.25) is 4.98 Å². The van der Waals surface area contributed by atoms with Crippen molar-refractivity contribution in [1.29, 1.82) is 0 Å². The van der Waals surface area contributed by atoms with Crippen LogP contribution in [0.3, 0.4) is 0 Å². The summed E-state index contributed by atoms with van der Waals surface area (Å²) in [5.74, 6) is 1.95. The zero-order valence-electron chi connectivity index (χ0n) is 11.6. The van der Waals surface area contributed by atoms with Crippen molar-refractivity contribution in [1.82, 2.24) is 10.3 Å². The Morgan fingerprint density at radius 3 is 2.95 bits per heavy atom. The molecule has 0 radical (unpaired) electrons. The summed E-state index contributed by atoms with van der Waals surface area (Å²) < 4.78 is 16.3. The number of pyridine rings is 1. The second-order valence-corrected chi connectivity index (χ2v) is 4.72. The molecule has 5 heteroatoms. The highest BCUT2D eigenvalue weighted by molar-refractivity contribution is 5.42. The number of rotatable bonds is 6. The SMILES string of the molecule is COc1ccnc(COCC2CCCNC2)c1OC. The maximum atomic E-state index is 5.76. The minimum absolute atomic E-state index is 0.455. The van der Waals surface area contributed by atoms with Gasteiger partial charge in [-0.25, -0.2) is 0 Å². The Balaban J connectivity index is 1.88. The van der Waals surface area contributed by atoms with Crippen molar-refractivity contribution in [3.8, 4) is 11.5 Å². The lowest BCUT2D eigenvalue weighted by atomic mass is 10.0. The highest BCUT2D eigenvalue weighted by Gasteiger charge is 2.15. The average molecular weight is 266 g/mol. The van der Waals surface area contributed by atoms with Gasteiger partial charge in [0.05, 0.1) is 27.4 Å². The molecule has 106 valence electrons. The van der Waals surface area contributed by atoms with Gasteiger partial charge in [0, 0.05) is 18.8 Å². The van der Waals surface area contributed by atoms with Crippen molar-refractivity contribution in [2.75, 3.05) is 33.9 Å². The number of ether oxygens (including phenoxy) is 3. The van der Waals surface area contributed by atoms with E-state index in [-0.39, 0.29) is 0 Å². The summed E-state index contributed by atoms with van der Waals surface area (Å²) in [6.45, 7) is 3.39. The molecule has 1 fully saturated rings. The molecule has 0 aliphatic carbocycles. The Bertz CT molecular complexity index is 392. The Labute approximate surface area is 114 Å². The fourth-order valence-corrected chi connectivity index (χ4v) is 2.34. The molecule has 1 saturated heterocycles. The zero-order valence-corrected chi connectivity index (χ0v) is 11.6. The lowest BCUT2D eigenvalue weighted by Crippen LogP contribution is -2.32. The third-order valence-electron chi connectivity index (χ3n) is 3.36. The molecule has 1 aliphatic rings. The van der Waals surface area contributed by atoms with E-state index >= 15 is 0 Å². The Morgan fingerprint density at radius 2 is 2.26 bits per heavy atom. The van der Waals surface area contributed by atoms with E-state index in [0.717, 1.165) is 25.4 Å². The summed E-state index contributed by atoms with van der Waals surface area (Å²) in [6.07, 6.45) is 4.17. The van der Waals surface area contributed by atoms with Gasteiger partial charge in [-0.15, -0.1) is 0 Å². The third kappa shape index (κ3) is 3.81. The topological polar surface area (TPSA) is 52.6 Å². The molecular weight excluding hydrogens is 244 g/mol. The number of hydrogen-bond acceptors (Lipinski definition) is 5. The van der Waals surface area contributed by atoms with Crippen LogP contribution in [0.5, 0.6) is 11.5 Å². The minimum Gasteiger partial charge on any atom is -0.493 e. The van der Waals surface area contributed by atoms with Gasteiger partial charge in [0.2, 0.25) is 0 Å². The van der Waals surface area contributed by atoms with Crippen LogP contribution in [0.2, 0.25) is 0 Å². The monoisotopic (exact) mass is 266 g/mol. The second-order valence-electron chi connectivity index (χ2n) is 4.72. The number of piperidine rings is 1. The van der Waals surface area contributed by atoms with Crippen molar-refractivity contribution < 1.29 is 14.2 Å². The largest absolute Gasteiger partial charge is 0.493 e. The molecule has 0 spiro atoms. The van der Waals surface area contributed by atoms with Crippen molar-refractivity contribution in [3.63, 3.8) is 0 Å². The summed E-state index contributed by atoms with van der Waals surface area (Å²) in [7, 11) is 3.24. The lowest BCUT2D eigenvalue weighted by molar-refractivity contribution is 0.0747. The van der Waals surface area contributed by atoms with E-state index in [1.54, 1.807) is 26.5 Å². The van der Waals surface area contributed by atoms with Crippen LogP contribution in [-0.2, 0) is 11.3 Å². The van der Waals surface area contributed by atoms with Gasteiger partial charge in [-0.1, -0.05) is 0 Å². The van der Waals surface area contributed by atoms with Gasteiger partial charge in [0.15, 0.2) is 11.5 Å². The lowest BCUT2D eigenvalue weighted by Gasteiger charge is -2.22. The van der Waals surface area contributed by atoms with E-state index in [4.69, 9.17) is 14.2 Å². The summed E-state index contributed by atoms with van der Waals surface area (Å²) >= 11 is 0. The minimum atomic E-state index is 0.455. The number of aromatic nitrogens is 1. The quantitative estimate of drug-likeness (QED) is 0.848.